The van der Waals surface area contributed by atoms with Gasteiger partial charge in [-0.15, -0.1) is 6.58 Å². The molecule has 0 bridgehead atoms. The van der Waals surface area contributed by atoms with Gasteiger partial charge in [-0.05, 0) is 42.3 Å². The highest BCUT2D eigenvalue weighted by Gasteiger charge is 2.26. The molecule has 0 radical (unpaired) electrons. The SMILES string of the molecule is C=CCNC(=O)C(C)N(Cc1ccc(OC)cc1)C(=O)Cc1ccc(Cl)cc1. The number of benzene rings is 2. The molecule has 28 heavy (non-hydrogen) atoms. The first-order valence-corrected chi connectivity index (χ1v) is 9.38. The number of nitrogens with one attached hydrogen (secondary N) is 1. The van der Waals surface area contributed by atoms with Crippen LogP contribution in [-0.2, 0) is 22.6 Å². The van der Waals surface area contributed by atoms with E-state index in [-0.39, 0.29) is 18.2 Å². The zero-order valence-corrected chi connectivity index (χ0v) is 16.9. The Bertz CT molecular complexity index is 804. The molecule has 2 aromatic rings. The Hall–Kier alpha value is -2.79. The van der Waals surface area contributed by atoms with E-state index in [1.165, 1.54) is 0 Å². The molecule has 0 aliphatic heterocycles. The average Bonchev–Trinajstić information content (AvgIpc) is 2.71. The summed E-state index contributed by atoms with van der Waals surface area (Å²) < 4.78 is 5.18. The molecule has 5 nitrogen and oxygen atoms in total. The summed E-state index contributed by atoms with van der Waals surface area (Å²) in [4.78, 5) is 27.0. The number of halogens is 1. The van der Waals surface area contributed by atoms with Gasteiger partial charge in [0, 0.05) is 18.1 Å². The van der Waals surface area contributed by atoms with Crippen LogP contribution in [0, 0.1) is 0 Å². The summed E-state index contributed by atoms with van der Waals surface area (Å²) in [6.45, 7) is 6.00. The van der Waals surface area contributed by atoms with Crippen LogP contribution in [0.25, 0.3) is 0 Å². The number of hydrogen-bond acceptors (Lipinski definition) is 3. The molecule has 2 aromatic carbocycles. The molecular weight excluding hydrogens is 376 g/mol. The van der Waals surface area contributed by atoms with E-state index in [1.807, 2.05) is 36.4 Å². The predicted molar refractivity (Wildman–Crippen MR) is 111 cm³/mol. The molecule has 1 unspecified atom stereocenters. The molecule has 0 saturated heterocycles. The van der Waals surface area contributed by atoms with E-state index in [0.717, 1.165) is 16.9 Å². The lowest BCUT2D eigenvalue weighted by atomic mass is 10.1. The minimum Gasteiger partial charge on any atom is -0.497 e. The molecular formula is C22H25ClN2O3. The highest BCUT2D eigenvalue weighted by atomic mass is 35.5. The van der Waals surface area contributed by atoms with Crippen molar-refractivity contribution >= 4 is 23.4 Å². The minimum absolute atomic E-state index is 0.139. The smallest absolute Gasteiger partial charge is 0.242 e. The van der Waals surface area contributed by atoms with Gasteiger partial charge in [-0.25, -0.2) is 0 Å². The predicted octanol–water partition coefficient (Wildman–Crippen LogP) is 3.61. The first kappa shape index (κ1) is 21.5. The first-order valence-electron chi connectivity index (χ1n) is 9.00. The normalized spacial score (nSPS) is 11.4. The zero-order valence-electron chi connectivity index (χ0n) is 16.2. The number of hydrogen-bond donors (Lipinski definition) is 1. The number of carbonyl (C=O) groups is 2. The summed E-state index contributed by atoms with van der Waals surface area (Å²) in [6.07, 6.45) is 1.79. The van der Waals surface area contributed by atoms with Crippen molar-refractivity contribution in [3.63, 3.8) is 0 Å². The molecule has 0 fully saturated rings. The summed E-state index contributed by atoms with van der Waals surface area (Å²) in [5.74, 6) is 0.372. The van der Waals surface area contributed by atoms with Crippen molar-refractivity contribution in [1.82, 2.24) is 10.2 Å². The number of carbonyl (C=O) groups excluding carboxylic acids is 2. The average molecular weight is 401 g/mol. The standard InChI is InChI=1S/C22H25ClN2O3/c1-4-13-24-22(27)16(2)25(15-18-7-11-20(28-3)12-8-18)21(26)14-17-5-9-19(23)10-6-17/h4-12,16H,1,13-15H2,2-3H3,(H,24,27). The monoisotopic (exact) mass is 400 g/mol. The molecule has 0 aromatic heterocycles. The van der Waals surface area contributed by atoms with Gasteiger partial charge in [0.2, 0.25) is 11.8 Å². The first-order chi connectivity index (χ1) is 13.4. The number of nitrogens with zero attached hydrogens (tertiary/aromatic N) is 1. The third kappa shape index (κ3) is 6.13. The van der Waals surface area contributed by atoms with Gasteiger partial charge in [0.1, 0.15) is 11.8 Å². The van der Waals surface area contributed by atoms with Crippen molar-refractivity contribution < 1.29 is 14.3 Å². The Morgan fingerprint density at radius 1 is 1.14 bits per heavy atom. The zero-order chi connectivity index (χ0) is 20.5. The highest BCUT2D eigenvalue weighted by Crippen LogP contribution is 2.17. The van der Waals surface area contributed by atoms with E-state index in [0.29, 0.717) is 18.1 Å². The van der Waals surface area contributed by atoms with E-state index < -0.39 is 6.04 Å². The quantitative estimate of drug-likeness (QED) is 0.654. The summed E-state index contributed by atoms with van der Waals surface area (Å²) in [7, 11) is 1.60. The van der Waals surface area contributed by atoms with Gasteiger partial charge in [-0.2, -0.15) is 0 Å². The summed E-state index contributed by atoms with van der Waals surface area (Å²) in [5, 5.41) is 3.37. The van der Waals surface area contributed by atoms with Crippen molar-refractivity contribution in [2.75, 3.05) is 13.7 Å². The second-order valence-corrected chi connectivity index (χ2v) is 6.82. The summed E-state index contributed by atoms with van der Waals surface area (Å²) >= 11 is 5.92. The van der Waals surface area contributed by atoms with Crippen LogP contribution in [-0.4, -0.2) is 36.4 Å². The van der Waals surface area contributed by atoms with Crippen LogP contribution >= 0.6 is 11.6 Å². The van der Waals surface area contributed by atoms with Gasteiger partial charge in [0.15, 0.2) is 0 Å². The van der Waals surface area contributed by atoms with E-state index in [4.69, 9.17) is 16.3 Å². The van der Waals surface area contributed by atoms with Crippen LogP contribution < -0.4 is 10.1 Å². The van der Waals surface area contributed by atoms with Gasteiger partial charge in [-0.3, -0.25) is 9.59 Å². The maximum absolute atomic E-state index is 13.0. The van der Waals surface area contributed by atoms with Gasteiger partial charge in [0.25, 0.3) is 0 Å². The van der Waals surface area contributed by atoms with Crippen LogP contribution in [0.5, 0.6) is 5.75 Å². The third-order valence-corrected chi connectivity index (χ3v) is 4.62. The topological polar surface area (TPSA) is 58.6 Å². The maximum atomic E-state index is 13.0. The Morgan fingerprint density at radius 3 is 2.32 bits per heavy atom. The Balaban J connectivity index is 2.20. The lowest BCUT2D eigenvalue weighted by molar-refractivity contribution is -0.140. The number of methoxy groups -OCH3 is 1. The van der Waals surface area contributed by atoms with Crippen molar-refractivity contribution in [1.29, 1.82) is 0 Å². The molecule has 1 N–H and O–H groups in total. The Labute approximate surface area is 170 Å². The van der Waals surface area contributed by atoms with Crippen molar-refractivity contribution in [3.05, 3.63) is 77.3 Å². The maximum Gasteiger partial charge on any atom is 0.242 e. The Kier molecular flexibility index (Phi) is 8.08. The molecule has 0 spiro atoms. The molecule has 2 amide bonds. The molecule has 2 rings (SSSR count). The molecule has 0 saturated carbocycles. The number of rotatable bonds is 9. The van der Waals surface area contributed by atoms with Crippen LogP contribution in [0.15, 0.2) is 61.2 Å². The van der Waals surface area contributed by atoms with Gasteiger partial charge >= 0.3 is 0 Å². The molecule has 148 valence electrons. The number of amides is 2. The fourth-order valence-electron chi connectivity index (χ4n) is 2.71. The van der Waals surface area contributed by atoms with E-state index in [1.54, 1.807) is 37.1 Å². The highest BCUT2D eigenvalue weighted by molar-refractivity contribution is 6.30. The number of ether oxygens (including phenoxy) is 1. The molecule has 6 heteroatoms. The minimum atomic E-state index is -0.623. The molecule has 0 heterocycles. The molecule has 0 aliphatic carbocycles. The fraction of sp³-hybridized carbons (Fsp3) is 0.273. The van der Waals surface area contributed by atoms with Crippen molar-refractivity contribution in [3.8, 4) is 5.75 Å². The van der Waals surface area contributed by atoms with Gasteiger partial charge in [-0.1, -0.05) is 41.9 Å². The fourth-order valence-corrected chi connectivity index (χ4v) is 2.84. The summed E-state index contributed by atoms with van der Waals surface area (Å²) in [5.41, 5.74) is 1.75. The molecule has 1 atom stereocenters. The second-order valence-electron chi connectivity index (χ2n) is 6.38. The van der Waals surface area contributed by atoms with Crippen LogP contribution in [0.2, 0.25) is 5.02 Å². The third-order valence-electron chi connectivity index (χ3n) is 4.37. The summed E-state index contributed by atoms with van der Waals surface area (Å²) in [6, 6.07) is 13.9. The van der Waals surface area contributed by atoms with Crippen molar-refractivity contribution in [2.24, 2.45) is 0 Å². The van der Waals surface area contributed by atoms with E-state index >= 15 is 0 Å². The van der Waals surface area contributed by atoms with Crippen LogP contribution in [0.1, 0.15) is 18.1 Å². The lowest BCUT2D eigenvalue weighted by Gasteiger charge is -2.29. The van der Waals surface area contributed by atoms with Gasteiger partial charge < -0.3 is 15.0 Å². The largest absolute Gasteiger partial charge is 0.497 e. The van der Waals surface area contributed by atoms with Gasteiger partial charge in [0.05, 0.1) is 13.5 Å². The second kappa shape index (κ2) is 10.5. The van der Waals surface area contributed by atoms with Crippen LogP contribution in [0.3, 0.4) is 0 Å². The van der Waals surface area contributed by atoms with Crippen LogP contribution in [0.4, 0.5) is 0 Å². The van der Waals surface area contributed by atoms with E-state index in [2.05, 4.69) is 11.9 Å². The van der Waals surface area contributed by atoms with Crippen molar-refractivity contribution in [2.45, 2.75) is 25.9 Å². The Morgan fingerprint density at radius 2 is 1.75 bits per heavy atom. The lowest BCUT2D eigenvalue weighted by Crippen LogP contribution is -2.48. The molecule has 0 aliphatic rings. The van der Waals surface area contributed by atoms with E-state index in [9.17, 15) is 9.59 Å².